The van der Waals surface area contributed by atoms with Gasteiger partial charge >= 0.3 is 5.97 Å². The van der Waals surface area contributed by atoms with Gasteiger partial charge in [0.05, 0.1) is 6.54 Å². The van der Waals surface area contributed by atoms with Crippen LogP contribution in [0.2, 0.25) is 0 Å². The van der Waals surface area contributed by atoms with Crippen LogP contribution in [0.5, 0.6) is 0 Å². The van der Waals surface area contributed by atoms with Gasteiger partial charge in [0.1, 0.15) is 5.82 Å². The SMILES string of the molecule is CC1(C(=O)NCCCc2ccc3c(n2)NCCC3)CCN(CC(=O)O)CC1. The summed E-state index contributed by atoms with van der Waals surface area (Å²) in [5.74, 6) is 0.287. The number of nitrogens with one attached hydrogen (secondary N) is 2. The fraction of sp³-hybridized carbons (Fsp3) is 0.650. The smallest absolute Gasteiger partial charge is 0.317 e. The summed E-state index contributed by atoms with van der Waals surface area (Å²) in [6.07, 6.45) is 5.35. The molecule has 3 rings (SSSR count). The number of piperidine rings is 1. The molecule has 1 aromatic rings. The molecule has 0 bridgehead atoms. The van der Waals surface area contributed by atoms with Crippen molar-refractivity contribution < 1.29 is 14.7 Å². The van der Waals surface area contributed by atoms with Crippen molar-refractivity contribution in [3.05, 3.63) is 23.4 Å². The van der Waals surface area contributed by atoms with E-state index in [1.807, 2.05) is 11.8 Å². The Morgan fingerprint density at radius 1 is 1.33 bits per heavy atom. The van der Waals surface area contributed by atoms with Crippen molar-refractivity contribution in [2.75, 3.05) is 38.0 Å². The fourth-order valence-corrected chi connectivity index (χ4v) is 3.82. The lowest BCUT2D eigenvalue weighted by Crippen LogP contribution is -2.48. The Morgan fingerprint density at radius 3 is 2.85 bits per heavy atom. The first-order valence-corrected chi connectivity index (χ1v) is 9.91. The number of anilines is 1. The first-order chi connectivity index (χ1) is 13.0. The molecule has 0 spiro atoms. The van der Waals surface area contributed by atoms with Gasteiger partial charge in [-0.2, -0.15) is 0 Å². The van der Waals surface area contributed by atoms with Gasteiger partial charge in [0, 0.05) is 24.2 Å². The van der Waals surface area contributed by atoms with E-state index in [2.05, 4.69) is 27.8 Å². The van der Waals surface area contributed by atoms with Crippen LogP contribution in [0.15, 0.2) is 12.1 Å². The largest absolute Gasteiger partial charge is 0.480 e. The summed E-state index contributed by atoms with van der Waals surface area (Å²) in [4.78, 5) is 30.0. The van der Waals surface area contributed by atoms with E-state index in [1.165, 1.54) is 5.56 Å². The van der Waals surface area contributed by atoms with Crippen LogP contribution in [0.3, 0.4) is 0 Å². The van der Waals surface area contributed by atoms with Gasteiger partial charge in [0.25, 0.3) is 0 Å². The summed E-state index contributed by atoms with van der Waals surface area (Å²) in [7, 11) is 0. The average molecular weight is 374 g/mol. The molecule has 3 heterocycles. The summed E-state index contributed by atoms with van der Waals surface area (Å²) >= 11 is 0. The number of carbonyl (C=O) groups is 2. The zero-order valence-corrected chi connectivity index (χ0v) is 16.1. The highest BCUT2D eigenvalue weighted by Crippen LogP contribution is 2.31. The Labute approximate surface area is 160 Å². The van der Waals surface area contributed by atoms with E-state index in [1.54, 1.807) is 0 Å². The van der Waals surface area contributed by atoms with Crippen LogP contribution in [0, 0.1) is 5.41 Å². The third-order valence-corrected chi connectivity index (χ3v) is 5.71. The lowest BCUT2D eigenvalue weighted by molar-refractivity contribution is -0.139. The van der Waals surface area contributed by atoms with Crippen molar-refractivity contribution in [3.8, 4) is 0 Å². The molecule has 0 radical (unpaired) electrons. The number of hydrogen-bond donors (Lipinski definition) is 3. The average Bonchev–Trinajstić information content (AvgIpc) is 2.66. The van der Waals surface area contributed by atoms with E-state index in [-0.39, 0.29) is 12.5 Å². The molecule has 3 N–H and O–H groups in total. The minimum absolute atomic E-state index is 0.0559. The van der Waals surface area contributed by atoms with Crippen LogP contribution in [0.1, 0.15) is 43.9 Å². The topological polar surface area (TPSA) is 94.6 Å². The van der Waals surface area contributed by atoms with Crippen LogP contribution >= 0.6 is 0 Å². The van der Waals surface area contributed by atoms with E-state index >= 15 is 0 Å². The van der Waals surface area contributed by atoms with Gasteiger partial charge in [-0.1, -0.05) is 13.0 Å². The van der Waals surface area contributed by atoms with Crippen LogP contribution in [-0.2, 0) is 22.4 Å². The van der Waals surface area contributed by atoms with Crippen molar-refractivity contribution in [1.82, 2.24) is 15.2 Å². The molecule has 2 aliphatic heterocycles. The number of likely N-dealkylation sites (tertiary alicyclic amines) is 1. The maximum atomic E-state index is 12.6. The van der Waals surface area contributed by atoms with Gasteiger partial charge in [-0.3, -0.25) is 14.5 Å². The van der Waals surface area contributed by atoms with E-state index in [0.717, 1.165) is 43.7 Å². The Morgan fingerprint density at radius 2 is 2.11 bits per heavy atom. The molecule has 1 saturated heterocycles. The number of carboxylic acid groups (broad SMARTS) is 1. The molecule has 0 atom stereocenters. The molecule has 1 fully saturated rings. The number of nitrogens with zero attached hydrogens (tertiary/aromatic N) is 2. The van der Waals surface area contributed by atoms with Crippen molar-refractivity contribution in [2.45, 2.75) is 45.4 Å². The summed E-state index contributed by atoms with van der Waals surface area (Å²) in [6.45, 7) is 4.98. The maximum Gasteiger partial charge on any atom is 0.317 e. The summed E-state index contributed by atoms with van der Waals surface area (Å²) < 4.78 is 0. The van der Waals surface area contributed by atoms with Crippen molar-refractivity contribution >= 4 is 17.7 Å². The molecular formula is C20H30N4O3. The predicted octanol–water partition coefficient (Wildman–Crippen LogP) is 1.68. The van der Waals surface area contributed by atoms with Gasteiger partial charge < -0.3 is 15.7 Å². The van der Waals surface area contributed by atoms with Crippen LogP contribution < -0.4 is 10.6 Å². The van der Waals surface area contributed by atoms with Gasteiger partial charge in [0.2, 0.25) is 5.91 Å². The zero-order valence-electron chi connectivity index (χ0n) is 16.1. The minimum atomic E-state index is -0.811. The lowest BCUT2D eigenvalue weighted by Gasteiger charge is -2.37. The van der Waals surface area contributed by atoms with E-state index in [4.69, 9.17) is 5.11 Å². The molecule has 2 aliphatic rings. The Kier molecular flexibility index (Phi) is 6.31. The third-order valence-electron chi connectivity index (χ3n) is 5.71. The number of fused-ring (bicyclic) bond motifs is 1. The highest BCUT2D eigenvalue weighted by Gasteiger charge is 2.36. The number of pyridine rings is 1. The molecule has 0 saturated carbocycles. The lowest BCUT2D eigenvalue weighted by atomic mass is 9.79. The Bertz CT molecular complexity index is 684. The van der Waals surface area contributed by atoms with Crippen molar-refractivity contribution in [3.63, 3.8) is 0 Å². The quantitative estimate of drug-likeness (QED) is 0.629. The molecule has 7 nitrogen and oxygen atoms in total. The number of amides is 1. The molecule has 1 aromatic heterocycles. The second-order valence-electron chi connectivity index (χ2n) is 7.93. The van der Waals surface area contributed by atoms with E-state index in [9.17, 15) is 9.59 Å². The van der Waals surface area contributed by atoms with Crippen LogP contribution in [-0.4, -0.2) is 59.6 Å². The number of rotatable bonds is 7. The standard InChI is InChI=1S/C20H30N4O3/c1-20(8-12-24(13-9-20)14-17(25)26)19(27)22-11-3-5-16-7-6-15-4-2-10-21-18(15)23-16/h6-7H,2-5,8-14H2,1H3,(H,21,23)(H,22,27)(H,25,26). The Balaban J connectivity index is 1.40. The fourth-order valence-electron chi connectivity index (χ4n) is 3.82. The normalized spacial score (nSPS) is 19.0. The van der Waals surface area contributed by atoms with Gasteiger partial charge in [0.15, 0.2) is 0 Å². The molecule has 27 heavy (non-hydrogen) atoms. The Hall–Kier alpha value is -2.15. The highest BCUT2D eigenvalue weighted by atomic mass is 16.4. The molecule has 0 aliphatic carbocycles. The summed E-state index contributed by atoms with van der Waals surface area (Å²) in [5.41, 5.74) is 1.95. The highest BCUT2D eigenvalue weighted by molar-refractivity contribution is 5.82. The maximum absolute atomic E-state index is 12.6. The van der Waals surface area contributed by atoms with E-state index < -0.39 is 11.4 Å². The molecule has 148 valence electrons. The zero-order chi connectivity index (χ0) is 19.3. The molecule has 1 amide bonds. The van der Waals surface area contributed by atoms with Gasteiger partial charge in [-0.25, -0.2) is 4.98 Å². The number of hydrogen-bond acceptors (Lipinski definition) is 5. The van der Waals surface area contributed by atoms with Gasteiger partial charge in [-0.15, -0.1) is 0 Å². The molecular weight excluding hydrogens is 344 g/mol. The predicted molar refractivity (Wildman–Crippen MR) is 104 cm³/mol. The van der Waals surface area contributed by atoms with E-state index in [0.29, 0.717) is 32.5 Å². The summed E-state index contributed by atoms with van der Waals surface area (Å²) in [6, 6.07) is 4.25. The summed E-state index contributed by atoms with van der Waals surface area (Å²) in [5, 5.41) is 15.3. The first-order valence-electron chi connectivity index (χ1n) is 9.91. The molecule has 0 unspecified atom stereocenters. The third kappa shape index (κ3) is 5.19. The van der Waals surface area contributed by atoms with Gasteiger partial charge in [-0.05, 0) is 63.2 Å². The van der Waals surface area contributed by atoms with Crippen molar-refractivity contribution in [1.29, 1.82) is 0 Å². The molecule has 0 aromatic carbocycles. The monoisotopic (exact) mass is 374 g/mol. The van der Waals surface area contributed by atoms with Crippen LogP contribution in [0.4, 0.5) is 5.82 Å². The number of aliphatic carboxylic acids is 1. The second kappa shape index (κ2) is 8.69. The minimum Gasteiger partial charge on any atom is -0.480 e. The van der Waals surface area contributed by atoms with Crippen LogP contribution in [0.25, 0.3) is 0 Å². The molecule has 7 heteroatoms. The number of aryl methyl sites for hydroxylation is 2. The number of aromatic nitrogens is 1. The first kappa shape index (κ1) is 19.6. The second-order valence-corrected chi connectivity index (χ2v) is 7.93. The number of carboxylic acids is 1. The van der Waals surface area contributed by atoms with Crippen molar-refractivity contribution in [2.24, 2.45) is 5.41 Å². The number of carbonyl (C=O) groups excluding carboxylic acids is 1.